The predicted molar refractivity (Wildman–Crippen MR) is 284 cm³/mol. The van der Waals surface area contributed by atoms with Crippen molar-refractivity contribution in [2.75, 3.05) is 185 Å². The number of nitrogens with one attached hydrogen (secondary N) is 2. The zero-order chi connectivity index (χ0) is 56.2. The second-order valence-corrected chi connectivity index (χ2v) is 18.2. The molecular formula is C55H87N3O20. The molecule has 2 aromatic rings. The van der Waals surface area contributed by atoms with Gasteiger partial charge in [0.1, 0.15) is 24.0 Å². The summed E-state index contributed by atoms with van der Waals surface area (Å²) in [6, 6.07) is 13.1. The van der Waals surface area contributed by atoms with Gasteiger partial charge >= 0.3 is 12.1 Å². The largest absolute Gasteiger partial charge is 0.492 e. The maximum atomic E-state index is 12.9. The van der Waals surface area contributed by atoms with Crippen molar-refractivity contribution < 1.29 is 95.0 Å². The number of esters is 1. The molecule has 23 heteroatoms. The van der Waals surface area contributed by atoms with E-state index >= 15 is 0 Å². The van der Waals surface area contributed by atoms with Crippen molar-refractivity contribution in [3.05, 3.63) is 65.2 Å². The Morgan fingerprint density at radius 2 is 0.910 bits per heavy atom. The molecule has 2 aromatic carbocycles. The zero-order valence-electron chi connectivity index (χ0n) is 46.4. The topological polar surface area (TPSA) is 251 Å². The lowest BCUT2D eigenvalue weighted by Gasteiger charge is -2.19. The molecule has 0 radical (unpaired) electrons. The van der Waals surface area contributed by atoms with Crippen LogP contribution in [0.1, 0.15) is 73.2 Å². The highest BCUT2D eigenvalue weighted by Crippen LogP contribution is 2.22. The van der Waals surface area contributed by atoms with Crippen LogP contribution in [0.25, 0.3) is 0 Å². The van der Waals surface area contributed by atoms with Crippen molar-refractivity contribution >= 4 is 29.8 Å². The van der Waals surface area contributed by atoms with Crippen molar-refractivity contribution in [3.63, 3.8) is 0 Å². The van der Waals surface area contributed by atoms with Gasteiger partial charge in [-0.1, -0.05) is 37.6 Å². The van der Waals surface area contributed by atoms with Gasteiger partial charge in [-0.2, -0.15) is 0 Å². The van der Waals surface area contributed by atoms with Gasteiger partial charge in [-0.25, -0.2) is 9.59 Å². The minimum atomic E-state index is -0.869. The highest BCUT2D eigenvalue weighted by Gasteiger charge is 2.34. The molecule has 0 saturated heterocycles. The SMILES string of the molecule is CCCCOC(=O)[C@H](Cc1ccc(OCCNC(=O)OC(C)(C)C)cc1)NC(=O)CCOCCOCCOCCOCCOCCOCCOCCOCCOCCOCCOCCOCCN1C(=O)c2ccccc2C1=O. The Bertz CT molecular complexity index is 1870. The van der Waals surface area contributed by atoms with E-state index in [4.69, 9.17) is 71.1 Å². The molecule has 1 aliphatic rings. The highest BCUT2D eigenvalue weighted by atomic mass is 16.6. The Labute approximate surface area is 460 Å². The number of rotatable bonds is 50. The molecular weight excluding hydrogens is 1020 g/mol. The summed E-state index contributed by atoms with van der Waals surface area (Å²) >= 11 is 0. The average Bonchev–Trinajstić information content (AvgIpc) is 3.71. The van der Waals surface area contributed by atoms with E-state index in [9.17, 15) is 24.0 Å². The third kappa shape index (κ3) is 33.5. The van der Waals surface area contributed by atoms with E-state index in [-0.39, 0.29) is 70.1 Å². The van der Waals surface area contributed by atoms with Crippen LogP contribution in [0.15, 0.2) is 48.5 Å². The maximum Gasteiger partial charge on any atom is 0.407 e. The second-order valence-electron chi connectivity index (χ2n) is 18.2. The van der Waals surface area contributed by atoms with Crippen LogP contribution in [0.3, 0.4) is 0 Å². The third-order valence-corrected chi connectivity index (χ3v) is 10.7. The number of carbonyl (C=O) groups is 5. The Morgan fingerprint density at radius 3 is 1.31 bits per heavy atom. The number of unbranched alkanes of at least 4 members (excludes halogenated alkanes) is 1. The lowest BCUT2D eigenvalue weighted by atomic mass is 10.1. The van der Waals surface area contributed by atoms with Crippen molar-refractivity contribution in [1.29, 1.82) is 0 Å². The zero-order valence-corrected chi connectivity index (χ0v) is 46.4. The fourth-order valence-corrected chi connectivity index (χ4v) is 6.76. The van der Waals surface area contributed by atoms with Crippen molar-refractivity contribution in [2.24, 2.45) is 0 Å². The van der Waals surface area contributed by atoms with Crippen LogP contribution in [0.4, 0.5) is 4.79 Å². The number of hydrogen-bond donors (Lipinski definition) is 2. The fourth-order valence-electron chi connectivity index (χ4n) is 6.76. The normalized spacial score (nSPS) is 12.7. The summed E-state index contributed by atoms with van der Waals surface area (Å²) in [6.45, 7) is 18.0. The van der Waals surface area contributed by atoms with Gasteiger partial charge in [0.25, 0.3) is 11.8 Å². The summed E-state index contributed by atoms with van der Waals surface area (Å²) in [7, 11) is 0. The monoisotopic (exact) mass is 1110 g/mol. The first-order chi connectivity index (χ1) is 38.0. The van der Waals surface area contributed by atoms with Crippen LogP contribution < -0.4 is 15.4 Å². The fraction of sp³-hybridized carbons (Fsp3) is 0.691. The number of hydrogen-bond acceptors (Lipinski definition) is 20. The first kappa shape index (κ1) is 67.4. The van der Waals surface area contributed by atoms with Gasteiger partial charge in [-0.15, -0.1) is 0 Å². The number of nitrogens with zero attached hydrogens (tertiary/aromatic N) is 1. The van der Waals surface area contributed by atoms with E-state index < -0.39 is 23.7 Å². The van der Waals surface area contributed by atoms with Gasteiger partial charge in [-0.05, 0) is 57.0 Å². The van der Waals surface area contributed by atoms with Crippen LogP contribution in [-0.4, -0.2) is 231 Å². The summed E-state index contributed by atoms with van der Waals surface area (Å²) in [5, 5.41) is 5.43. The smallest absolute Gasteiger partial charge is 0.407 e. The molecule has 1 aliphatic heterocycles. The van der Waals surface area contributed by atoms with Crippen LogP contribution in [0, 0.1) is 0 Å². The molecule has 0 fully saturated rings. The van der Waals surface area contributed by atoms with Gasteiger partial charge in [0, 0.05) is 12.8 Å². The molecule has 0 unspecified atom stereocenters. The molecule has 442 valence electrons. The lowest BCUT2D eigenvalue weighted by Crippen LogP contribution is -2.43. The summed E-state index contributed by atoms with van der Waals surface area (Å²) in [5.41, 5.74) is 1.08. The van der Waals surface area contributed by atoms with Crippen LogP contribution >= 0.6 is 0 Å². The average molecular weight is 1110 g/mol. The Hall–Kier alpha value is -4.89. The molecule has 4 amide bonds. The van der Waals surface area contributed by atoms with E-state index in [0.717, 1.165) is 18.4 Å². The van der Waals surface area contributed by atoms with Crippen molar-refractivity contribution in [3.8, 4) is 5.75 Å². The minimum absolute atomic E-state index is 0.0633. The number of carbonyl (C=O) groups excluding carboxylic acids is 5. The van der Waals surface area contributed by atoms with E-state index in [1.54, 1.807) is 57.2 Å². The number of fused-ring (bicyclic) bond motifs is 1. The standard InChI is InChI=1S/C55H87N3O20/c1-5-6-18-77-53(62)49(44-45-11-13-46(14-12-45)76-20-16-56-54(63)78-55(2,3)4)57-50(59)15-19-64-22-24-66-26-28-68-30-32-70-34-36-72-38-40-74-42-43-75-41-39-73-37-35-71-33-31-69-29-27-67-25-23-65-21-17-58-51(60)47-9-7-8-10-48(47)52(58)61/h7-14,49H,5-6,15-44H2,1-4H3,(H,56,63)(H,57,59)/t49-/m0/s1. The Morgan fingerprint density at radius 1 is 0.513 bits per heavy atom. The van der Waals surface area contributed by atoms with Crippen LogP contribution in [0.5, 0.6) is 5.75 Å². The van der Waals surface area contributed by atoms with Crippen LogP contribution in [-0.2, 0) is 82.3 Å². The molecule has 23 nitrogen and oxygen atoms in total. The van der Waals surface area contributed by atoms with Crippen molar-refractivity contribution in [2.45, 2.75) is 65.0 Å². The van der Waals surface area contributed by atoms with E-state index in [0.29, 0.717) is 162 Å². The highest BCUT2D eigenvalue weighted by molar-refractivity contribution is 6.21. The molecule has 0 bridgehead atoms. The van der Waals surface area contributed by atoms with Gasteiger partial charge in [0.2, 0.25) is 5.91 Å². The number of ether oxygens (including phenoxy) is 15. The summed E-state index contributed by atoms with van der Waals surface area (Å²) in [4.78, 5) is 63.4. The second kappa shape index (κ2) is 43.9. The minimum Gasteiger partial charge on any atom is -0.492 e. The van der Waals surface area contributed by atoms with E-state index in [1.807, 2.05) is 19.1 Å². The first-order valence-electron chi connectivity index (χ1n) is 27.0. The molecule has 1 atom stereocenters. The van der Waals surface area contributed by atoms with Crippen molar-refractivity contribution in [1.82, 2.24) is 15.5 Å². The van der Waals surface area contributed by atoms with Crippen LogP contribution in [0.2, 0.25) is 0 Å². The number of imide groups is 1. The molecule has 3 rings (SSSR count). The Kier molecular flexibility index (Phi) is 37.9. The molecule has 0 saturated carbocycles. The lowest BCUT2D eigenvalue weighted by molar-refractivity contribution is -0.148. The summed E-state index contributed by atoms with van der Waals surface area (Å²) < 4.78 is 82.5. The number of benzene rings is 2. The third-order valence-electron chi connectivity index (χ3n) is 10.7. The number of alkyl carbamates (subject to hydrolysis) is 1. The van der Waals surface area contributed by atoms with Gasteiger partial charge in [0.05, 0.1) is 189 Å². The molecule has 0 spiro atoms. The molecule has 2 N–H and O–H groups in total. The van der Waals surface area contributed by atoms with E-state index in [2.05, 4.69) is 10.6 Å². The van der Waals surface area contributed by atoms with Gasteiger partial charge < -0.3 is 81.7 Å². The predicted octanol–water partition coefficient (Wildman–Crippen LogP) is 3.85. The molecule has 0 aromatic heterocycles. The maximum absolute atomic E-state index is 12.9. The Balaban J connectivity index is 0.993. The quantitative estimate of drug-likeness (QED) is 0.0542. The molecule has 0 aliphatic carbocycles. The first-order valence-corrected chi connectivity index (χ1v) is 27.0. The summed E-state index contributed by atoms with van der Waals surface area (Å²) in [6.07, 6.45) is 1.38. The van der Waals surface area contributed by atoms with E-state index in [1.165, 1.54) is 4.90 Å². The van der Waals surface area contributed by atoms with Gasteiger partial charge in [0.15, 0.2) is 0 Å². The van der Waals surface area contributed by atoms with Gasteiger partial charge in [-0.3, -0.25) is 19.3 Å². The molecule has 78 heavy (non-hydrogen) atoms. The number of amides is 4. The summed E-state index contributed by atoms with van der Waals surface area (Å²) in [5.74, 6) is -0.820. The molecule has 1 heterocycles.